The summed E-state index contributed by atoms with van der Waals surface area (Å²) in [4.78, 5) is 13.8. The van der Waals surface area contributed by atoms with Crippen LogP contribution in [-0.2, 0) is 0 Å². The second kappa shape index (κ2) is 17.3. The molecule has 1 aliphatic rings. The van der Waals surface area contributed by atoms with Crippen molar-refractivity contribution in [3.05, 3.63) is 273 Å². The third-order valence-electron chi connectivity index (χ3n) is 15.9. The van der Waals surface area contributed by atoms with Gasteiger partial charge in [0.1, 0.15) is 11.6 Å². The lowest BCUT2D eigenvalue weighted by molar-refractivity contribution is 0.993. The first-order chi connectivity index (χ1) is 38.7. The maximum absolute atomic E-state index is 5.75. The number of hydrogen-bond acceptors (Lipinski definition) is 3. The van der Waals surface area contributed by atoms with Crippen LogP contribution in [0.4, 0.5) is 11.4 Å². The summed E-state index contributed by atoms with van der Waals surface area (Å²) < 4.78 is 9.65. The SMILES string of the molecule is C=C1/C=C\C=C/CN(c2ccc(-c3nc(-n4c5ccccc5c5ccc6c7ccccc7n(-c7ccccc7)c6c54)cc(-n4c5ccccc5c5ccc6c7ccccc7n(-c7ccccc7)c6c54)n3)cc2)c2ccccc21. The Hall–Kier alpha value is -10.5. The van der Waals surface area contributed by atoms with Crippen molar-refractivity contribution in [3.63, 3.8) is 0 Å². The topological polar surface area (TPSA) is 48.7 Å². The summed E-state index contributed by atoms with van der Waals surface area (Å²) in [6, 6.07) is 85.2. The summed E-state index contributed by atoms with van der Waals surface area (Å²) in [6.45, 7) is 5.13. The maximum atomic E-state index is 5.75. The summed E-state index contributed by atoms with van der Waals surface area (Å²) in [5, 5.41) is 9.31. The zero-order valence-electron chi connectivity index (χ0n) is 42.4. The van der Waals surface area contributed by atoms with E-state index in [0.29, 0.717) is 12.4 Å². The number of rotatable bonds is 6. The lowest BCUT2D eigenvalue weighted by atomic mass is 10.0. The molecule has 1 aliphatic heterocycles. The number of anilines is 2. The third-order valence-corrected chi connectivity index (χ3v) is 15.9. The molecule has 16 rings (SSSR count). The van der Waals surface area contributed by atoms with E-state index in [1.54, 1.807) is 0 Å². The Morgan fingerprint density at radius 3 is 1.24 bits per heavy atom. The second-order valence-electron chi connectivity index (χ2n) is 20.2. The van der Waals surface area contributed by atoms with Gasteiger partial charge in [0.2, 0.25) is 0 Å². The van der Waals surface area contributed by atoms with Gasteiger partial charge < -0.3 is 14.0 Å². The molecule has 0 amide bonds. The third kappa shape index (κ3) is 6.52. The van der Waals surface area contributed by atoms with Crippen LogP contribution in [0.2, 0.25) is 0 Å². The number of hydrogen-bond donors (Lipinski definition) is 0. The lowest BCUT2D eigenvalue weighted by Gasteiger charge is -2.26. The van der Waals surface area contributed by atoms with Crippen LogP contribution in [-0.4, -0.2) is 34.8 Å². The van der Waals surface area contributed by atoms with Gasteiger partial charge in [-0.15, -0.1) is 0 Å². The minimum absolute atomic E-state index is 0.611. The Morgan fingerprint density at radius 2 is 0.756 bits per heavy atom. The van der Waals surface area contributed by atoms with E-state index in [2.05, 4.69) is 291 Å². The van der Waals surface area contributed by atoms with Crippen molar-refractivity contribution in [3.8, 4) is 34.4 Å². The van der Waals surface area contributed by atoms with Crippen molar-refractivity contribution in [1.29, 1.82) is 0 Å². The van der Waals surface area contributed by atoms with Gasteiger partial charge >= 0.3 is 0 Å². The van der Waals surface area contributed by atoms with E-state index in [4.69, 9.17) is 9.97 Å². The zero-order chi connectivity index (χ0) is 51.4. The van der Waals surface area contributed by atoms with Gasteiger partial charge in [-0.1, -0.05) is 183 Å². The first-order valence-corrected chi connectivity index (χ1v) is 26.6. The monoisotopic (exact) mass is 997 g/mol. The molecule has 5 aromatic heterocycles. The fourth-order valence-electron chi connectivity index (χ4n) is 12.6. The standard InChI is InChI=1S/C71H47N7/c1-46-21-5-4-20-44-74(60-31-15-10-26-51(46)60)48-38-36-47(37-39-48)71-72-65(77-63-34-18-13-29-54(63)58-42-40-56-52-27-11-16-32-61(52)75(67(56)69(58)77)49-22-6-2-7-23-49)45-66(73-71)78-64-35-19-14-30-55(64)59-43-41-57-53-28-12-17-33-62(53)76(68(57)70(59)78)50-24-8-3-9-25-50/h2-43,45H,1,44H2/b20-4-,21-5-. The Labute approximate surface area is 449 Å². The van der Waals surface area contributed by atoms with E-state index in [-0.39, 0.29) is 0 Å². The summed E-state index contributed by atoms with van der Waals surface area (Å²) in [5.74, 6) is 2.13. The smallest absolute Gasteiger partial charge is 0.163 e. The molecule has 0 fully saturated rings. The lowest BCUT2D eigenvalue weighted by Crippen LogP contribution is -2.18. The van der Waals surface area contributed by atoms with Crippen molar-refractivity contribution in [1.82, 2.24) is 28.2 Å². The maximum Gasteiger partial charge on any atom is 0.163 e. The molecule has 10 aromatic carbocycles. The van der Waals surface area contributed by atoms with Gasteiger partial charge in [-0.2, -0.15) is 0 Å². The van der Waals surface area contributed by atoms with Gasteiger partial charge in [0.05, 0.1) is 44.1 Å². The first kappa shape index (κ1) is 43.9. The summed E-state index contributed by atoms with van der Waals surface area (Å²) in [5.41, 5.74) is 16.1. The number of aromatic nitrogens is 6. The van der Waals surface area contributed by atoms with E-state index < -0.39 is 0 Å². The normalized spacial score (nSPS) is 13.8. The Morgan fingerprint density at radius 1 is 0.346 bits per heavy atom. The van der Waals surface area contributed by atoms with Crippen molar-refractivity contribution in [2.24, 2.45) is 0 Å². The highest BCUT2D eigenvalue weighted by Gasteiger charge is 2.26. The molecule has 0 saturated carbocycles. The molecule has 0 bridgehead atoms. The highest BCUT2D eigenvalue weighted by Crippen LogP contribution is 2.45. The predicted molar refractivity (Wildman–Crippen MR) is 326 cm³/mol. The van der Waals surface area contributed by atoms with Gasteiger partial charge in [0, 0.05) is 89.6 Å². The van der Waals surface area contributed by atoms with Gasteiger partial charge in [-0.25, -0.2) is 9.97 Å². The van der Waals surface area contributed by atoms with Gasteiger partial charge in [0.15, 0.2) is 5.82 Å². The highest BCUT2D eigenvalue weighted by atomic mass is 15.2. The van der Waals surface area contributed by atoms with E-state index in [1.165, 1.54) is 21.5 Å². The van der Waals surface area contributed by atoms with Crippen LogP contribution in [0.5, 0.6) is 0 Å². The van der Waals surface area contributed by atoms with Crippen LogP contribution in [0.15, 0.2) is 267 Å². The molecule has 0 atom stereocenters. The Balaban J connectivity index is 1.02. The van der Waals surface area contributed by atoms with Crippen LogP contribution in [0.25, 0.3) is 127 Å². The highest BCUT2D eigenvalue weighted by molar-refractivity contribution is 6.25. The van der Waals surface area contributed by atoms with E-state index in [0.717, 1.165) is 117 Å². The van der Waals surface area contributed by atoms with Crippen molar-refractivity contribution >= 4 is 104 Å². The first-order valence-electron chi connectivity index (χ1n) is 26.6. The second-order valence-corrected chi connectivity index (χ2v) is 20.2. The van der Waals surface area contributed by atoms with Crippen LogP contribution < -0.4 is 4.90 Å². The zero-order valence-corrected chi connectivity index (χ0v) is 42.4. The molecule has 0 N–H and O–H groups in total. The molecule has 0 saturated heterocycles. The van der Waals surface area contributed by atoms with Gasteiger partial charge in [-0.3, -0.25) is 9.13 Å². The molecule has 0 aliphatic carbocycles. The molecular weight excluding hydrogens is 951 g/mol. The molecule has 6 heterocycles. The largest absolute Gasteiger partial charge is 0.337 e. The van der Waals surface area contributed by atoms with E-state index in [9.17, 15) is 0 Å². The summed E-state index contributed by atoms with van der Waals surface area (Å²) in [6.07, 6.45) is 8.44. The van der Waals surface area contributed by atoms with Gasteiger partial charge in [0.25, 0.3) is 0 Å². The molecule has 0 unspecified atom stereocenters. The molecule has 78 heavy (non-hydrogen) atoms. The number of fused-ring (bicyclic) bond motifs is 15. The van der Waals surface area contributed by atoms with Crippen LogP contribution >= 0.6 is 0 Å². The number of benzene rings is 10. The molecular formula is C71H47N7. The van der Waals surface area contributed by atoms with Gasteiger partial charge in [-0.05, 0) is 84.4 Å². The molecule has 15 aromatic rings. The average molecular weight is 998 g/mol. The molecule has 7 heteroatoms. The van der Waals surface area contributed by atoms with Crippen molar-refractivity contribution < 1.29 is 0 Å². The predicted octanol–water partition coefficient (Wildman–Crippen LogP) is 17.8. The van der Waals surface area contributed by atoms with Crippen molar-refractivity contribution in [2.75, 3.05) is 11.4 Å². The number of nitrogens with zero attached hydrogens (tertiary/aromatic N) is 7. The average Bonchev–Trinajstić information content (AvgIpc) is 4.24. The molecule has 7 nitrogen and oxygen atoms in total. The fourth-order valence-corrected chi connectivity index (χ4v) is 12.6. The van der Waals surface area contributed by atoms with E-state index >= 15 is 0 Å². The van der Waals surface area contributed by atoms with E-state index in [1.807, 2.05) is 0 Å². The Kier molecular flexibility index (Phi) is 9.71. The summed E-state index contributed by atoms with van der Waals surface area (Å²) in [7, 11) is 0. The molecule has 0 spiro atoms. The number of para-hydroxylation sites is 7. The van der Waals surface area contributed by atoms with Crippen LogP contribution in [0.1, 0.15) is 5.56 Å². The quantitative estimate of drug-likeness (QED) is 0.167. The van der Waals surface area contributed by atoms with Crippen LogP contribution in [0, 0.1) is 0 Å². The van der Waals surface area contributed by atoms with Crippen LogP contribution in [0.3, 0.4) is 0 Å². The Bertz CT molecular complexity index is 4760. The minimum Gasteiger partial charge on any atom is -0.337 e. The molecule has 366 valence electrons. The minimum atomic E-state index is 0.611. The number of allylic oxidation sites excluding steroid dienone is 4. The summed E-state index contributed by atoms with van der Waals surface area (Å²) >= 11 is 0. The van der Waals surface area contributed by atoms with Crippen molar-refractivity contribution in [2.45, 2.75) is 0 Å². The fraction of sp³-hybridized carbons (Fsp3) is 0.0141. The molecule has 0 radical (unpaired) electrons.